The molecule has 0 saturated carbocycles. The summed E-state index contributed by atoms with van der Waals surface area (Å²) in [5.41, 5.74) is 5.05. The maximum absolute atomic E-state index is 12.8. The molecular formula is C23H32N2O3S. The monoisotopic (exact) mass is 416 g/mol. The van der Waals surface area contributed by atoms with E-state index >= 15 is 0 Å². The van der Waals surface area contributed by atoms with Gasteiger partial charge in [0.15, 0.2) is 0 Å². The number of aryl methyl sites for hydroxylation is 4. The molecule has 0 aliphatic carbocycles. The molecule has 29 heavy (non-hydrogen) atoms. The van der Waals surface area contributed by atoms with Crippen LogP contribution in [0.3, 0.4) is 0 Å². The third-order valence-electron chi connectivity index (χ3n) is 5.10. The molecular weight excluding hydrogens is 384 g/mol. The minimum absolute atomic E-state index is 0.264. The molecule has 0 fully saturated rings. The van der Waals surface area contributed by atoms with E-state index in [4.69, 9.17) is 0 Å². The summed E-state index contributed by atoms with van der Waals surface area (Å²) in [6.45, 7) is 8.31. The smallest absolute Gasteiger partial charge is 0.243 e. The van der Waals surface area contributed by atoms with Gasteiger partial charge in [-0.2, -0.15) is 0 Å². The van der Waals surface area contributed by atoms with Crippen LogP contribution in [0, 0.1) is 20.8 Å². The fourth-order valence-electron chi connectivity index (χ4n) is 3.41. The number of sulfonamides is 1. The lowest BCUT2D eigenvalue weighted by Gasteiger charge is -2.30. The van der Waals surface area contributed by atoms with Gasteiger partial charge >= 0.3 is 0 Å². The molecule has 0 unspecified atom stereocenters. The van der Waals surface area contributed by atoms with E-state index in [1.54, 1.807) is 6.07 Å². The van der Waals surface area contributed by atoms with Gasteiger partial charge in [0, 0.05) is 6.54 Å². The van der Waals surface area contributed by atoms with Gasteiger partial charge in [0.05, 0.1) is 11.9 Å². The molecule has 2 rings (SSSR count). The maximum atomic E-state index is 12.8. The Balaban J connectivity index is 2.08. The Bertz CT molecular complexity index is 954. The van der Waals surface area contributed by atoms with Crippen LogP contribution in [0.4, 0.5) is 5.69 Å². The quantitative estimate of drug-likeness (QED) is 0.631. The number of hydrogen-bond acceptors (Lipinski definition) is 3. The molecule has 1 amide bonds. The Morgan fingerprint density at radius 3 is 2.38 bits per heavy atom. The van der Waals surface area contributed by atoms with E-state index in [0.717, 1.165) is 30.2 Å². The molecule has 2 aromatic rings. The minimum atomic E-state index is -3.61. The number of rotatable bonds is 9. The van der Waals surface area contributed by atoms with Crippen LogP contribution in [0.1, 0.15) is 42.0 Å². The summed E-state index contributed by atoms with van der Waals surface area (Å²) in [5.74, 6) is -0.264. The first kappa shape index (κ1) is 22.9. The van der Waals surface area contributed by atoms with Crippen molar-refractivity contribution in [2.24, 2.45) is 0 Å². The lowest BCUT2D eigenvalue weighted by molar-refractivity contribution is -0.122. The van der Waals surface area contributed by atoms with Gasteiger partial charge in [-0.05, 0) is 68.9 Å². The van der Waals surface area contributed by atoms with Crippen LogP contribution in [0.15, 0.2) is 42.5 Å². The van der Waals surface area contributed by atoms with Crippen LogP contribution in [0.5, 0.6) is 0 Å². The predicted molar refractivity (Wildman–Crippen MR) is 120 cm³/mol. The number of benzene rings is 2. The van der Waals surface area contributed by atoms with Gasteiger partial charge in [-0.1, -0.05) is 42.8 Å². The van der Waals surface area contributed by atoms with E-state index in [2.05, 4.69) is 30.4 Å². The van der Waals surface area contributed by atoms with Gasteiger partial charge in [-0.15, -0.1) is 0 Å². The van der Waals surface area contributed by atoms with Crippen molar-refractivity contribution >= 4 is 21.6 Å². The van der Waals surface area contributed by atoms with Gasteiger partial charge in [-0.3, -0.25) is 9.10 Å². The number of carbonyl (C=O) groups is 1. The zero-order chi connectivity index (χ0) is 21.6. The summed E-state index contributed by atoms with van der Waals surface area (Å²) < 4.78 is 26.3. The molecule has 0 heterocycles. The van der Waals surface area contributed by atoms with Crippen molar-refractivity contribution in [1.29, 1.82) is 0 Å². The molecule has 1 N–H and O–H groups in total. The molecule has 5 nitrogen and oxygen atoms in total. The Labute approximate surface area is 175 Å². The van der Waals surface area contributed by atoms with Crippen LogP contribution in [-0.2, 0) is 21.2 Å². The van der Waals surface area contributed by atoms with E-state index in [0.29, 0.717) is 18.7 Å². The number of nitrogens with one attached hydrogen (secondary N) is 1. The van der Waals surface area contributed by atoms with Gasteiger partial charge in [0.2, 0.25) is 15.9 Å². The summed E-state index contributed by atoms with van der Waals surface area (Å²) in [6.07, 6.45) is 3.21. The molecule has 1 atom stereocenters. The highest BCUT2D eigenvalue weighted by atomic mass is 32.2. The number of amides is 1. The molecule has 0 saturated heterocycles. The number of carbonyl (C=O) groups excluding carboxylic acids is 1. The van der Waals surface area contributed by atoms with E-state index in [9.17, 15) is 13.2 Å². The summed E-state index contributed by atoms with van der Waals surface area (Å²) in [5, 5.41) is 2.92. The molecule has 0 aliphatic rings. The van der Waals surface area contributed by atoms with Crippen LogP contribution in [-0.4, -0.2) is 33.2 Å². The van der Waals surface area contributed by atoms with Crippen molar-refractivity contribution in [3.8, 4) is 0 Å². The van der Waals surface area contributed by atoms with Crippen molar-refractivity contribution in [3.05, 3.63) is 64.7 Å². The van der Waals surface area contributed by atoms with Crippen LogP contribution >= 0.6 is 0 Å². The lowest BCUT2D eigenvalue weighted by Crippen LogP contribution is -2.49. The zero-order valence-electron chi connectivity index (χ0n) is 18.0. The second-order valence-corrected chi connectivity index (χ2v) is 9.49. The molecule has 0 aliphatic heterocycles. The van der Waals surface area contributed by atoms with E-state index in [1.165, 1.54) is 15.4 Å². The molecule has 0 radical (unpaired) electrons. The number of anilines is 1. The highest BCUT2D eigenvalue weighted by molar-refractivity contribution is 7.92. The van der Waals surface area contributed by atoms with E-state index in [1.807, 2.05) is 39.0 Å². The highest BCUT2D eigenvalue weighted by Gasteiger charge is 2.31. The van der Waals surface area contributed by atoms with Crippen LogP contribution in [0.25, 0.3) is 0 Å². The third-order valence-corrected chi connectivity index (χ3v) is 6.28. The fraction of sp³-hybridized carbons (Fsp3) is 0.435. The van der Waals surface area contributed by atoms with Gasteiger partial charge in [0.25, 0.3) is 0 Å². The Kier molecular flexibility index (Phi) is 7.85. The summed E-state index contributed by atoms with van der Waals surface area (Å²) in [4.78, 5) is 12.8. The van der Waals surface area contributed by atoms with Gasteiger partial charge in [0.1, 0.15) is 6.04 Å². The number of hydrogen-bond donors (Lipinski definition) is 1. The topological polar surface area (TPSA) is 66.5 Å². The second kappa shape index (κ2) is 9.92. The SMILES string of the molecule is CC[C@H](C(=O)NCCCc1cccc(C)c1)N(c1ccc(C)c(C)c1)S(C)(=O)=O. The molecule has 158 valence electrons. The largest absolute Gasteiger partial charge is 0.354 e. The van der Waals surface area contributed by atoms with Crippen molar-refractivity contribution in [1.82, 2.24) is 5.32 Å². The van der Waals surface area contributed by atoms with Gasteiger partial charge < -0.3 is 5.32 Å². The van der Waals surface area contributed by atoms with E-state index < -0.39 is 16.1 Å². The average Bonchev–Trinajstić information content (AvgIpc) is 2.64. The normalized spacial score (nSPS) is 12.4. The molecule has 0 spiro atoms. The Morgan fingerprint density at radius 1 is 1.07 bits per heavy atom. The van der Waals surface area contributed by atoms with E-state index in [-0.39, 0.29) is 5.91 Å². The second-order valence-electron chi connectivity index (χ2n) is 7.64. The fourth-order valence-corrected chi connectivity index (χ4v) is 4.62. The molecule has 0 bridgehead atoms. The summed E-state index contributed by atoms with van der Waals surface area (Å²) in [7, 11) is -3.61. The summed E-state index contributed by atoms with van der Waals surface area (Å²) in [6, 6.07) is 13.0. The Morgan fingerprint density at radius 2 is 1.79 bits per heavy atom. The van der Waals surface area contributed by atoms with Gasteiger partial charge in [-0.25, -0.2) is 8.42 Å². The molecule has 0 aromatic heterocycles. The Hall–Kier alpha value is -2.34. The first-order chi connectivity index (χ1) is 13.6. The predicted octanol–water partition coefficient (Wildman–Crippen LogP) is 3.91. The standard InChI is InChI=1S/C23H32N2O3S/c1-6-22(23(26)24-14-8-11-20-10-7-9-17(2)15-20)25(29(5,27)28)21-13-12-18(3)19(4)16-21/h7,9-10,12-13,15-16,22H,6,8,11,14H2,1-5H3,(H,24,26)/t22-/m1/s1. The first-order valence-electron chi connectivity index (χ1n) is 10.0. The highest BCUT2D eigenvalue weighted by Crippen LogP contribution is 2.25. The number of nitrogens with zero attached hydrogens (tertiary/aromatic N) is 1. The van der Waals surface area contributed by atoms with Crippen molar-refractivity contribution in [2.75, 3.05) is 17.1 Å². The summed E-state index contributed by atoms with van der Waals surface area (Å²) >= 11 is 0. The maximum Gasteiger partial charge on any atom is 0.243 e. The zero-order valence-corrected chi connectivity index (χ0v) is 18.8. The van der Waals surface area contributed by atoms with Crippen LogP contribution < -0.4 is 9.62 Å². The molecule has 6 heteroatoms. The minimum Gasteiger partial charge on any atom is -0.354 e. The van der Waals surface area contributed by atoms with Crippen LogP contribution in [0.2, 0.25) is 0 Å². The lowest BCUT2D eigenvalue weighted by atomic mass is 10.1. The first-order valence-corrected chi connectivity index (χ1v) is 11.9. The third kappa shape index (κ3) is 6.32. The van der Waals surface area contributed by atoms with Crippen molar-refractivity contribution < 1.29 is 13.2 Å². The molecule has 2 aromatic carbocycles. The van der Waals surface area contributed by atoms with Crippen molar-refractivity contribution in [2.45, 2.75) is 53.0 Å². The average molecular weight is 417 g/mol. The van der Waals surface area contributed by atoms with Crippen molar-refractivity contribution in [3.63, 3.8) is 0 Å².